The number of Topliss-reactive ketones (excluding diaryl/α,β-unsaturated/α-hetero) is 1. The smallest absolute Gasteiger partial charge is 0.328 e. The van der Waals surface area contributed by atoms with Crippen LogP contribution in [0.1, 0.15) is 50.0 Å². The molecule has 9 nitrogen and oxygen atoms in total. The Kier molecular flexibility index (Phi) is 8.31. The van der Waals surface area contributed by atoms with Gasteiger partial charge in [0.15, 0.2) is 5.78 Å². The van der Waals surface area contributed by atoms with E-state index in [1.165, 1.54) is 7.11 Å². The summed E-state index contributed by atoms with van der Waals surface area (Å²) in [5.74, 6) is -1.53. The molecule has 34 heavy (non-hydrogen) atoms. The van der Waals surface area contributed by atoms with Crippen molar-refractivity contribution in [3.63, 3.8) is 0 Å². The van der Waals surface area contributed by atoms with Crippen molar-refractivity contribution in [2.75, 3.05) is 20.8 Å². The van der Waals surface area contributed by atoms with Gasteiger partial charge in [-0.25, -0.2) is 4.79 Å². The third kappa shape index (κ3) is 5.95. The molecule has 2 heterocycles. The highest BCUT2D eigenvalue weighted by Crippen LogP contribution is 2.28. The number of aromatic amines is 1. The first-order valence-corrected chi connectivity index (χ1v) is 11.6. The molecule has 1 fully saturated rings. The lowest BCUT2D eigenvalue weighted by atomic mass is 9.90. The van der Waals surface area contributed by atoms with Crippen molar-refractivity contribution in [3.8, 4) is 5.75 Å². The fraction of sp³-hybridized carbons (Fsp3) is 0.520. The van der Waals surface area contributed by atoms with E-state index in [0.717, 1.165) is 10.9 Å². The van der Waals surface area contributed by atoms with Gasteiger partial charge in [0.25, 0.3) is 0 Å². The second-order valence-corrected chi connectivity index (χ2v) is 9.15. The fourth-order valence-electron chi connectivity index (χ4n) is 4.44. The summed E-state index contributed by atoms with van der Waals surface area (Å²) in [6.07, 6.45) is 1.21. The molecule has 0 aliphatic carbocycles. The van der Waals surface area contributed by atoms with Crippen molar-refractivity contribution in [3.05, 3.63) is 30.0 Å². The van der Waals surface area contributed by atoms with Crippen LogP contribution in [-0.4, -0.2) is 55.4 Å². The SMILES string of the molecule is COC(=O)[C@H](C[C@@H]1CCNC1=O)NC(=O)[C@@H](CC(=O)c1cc2c(OC)cccc2[nH]1)CC(C)C. The van der Waals surface area contributed by atoms with Crippen LogP contribution in [0, 0.1) is 17.8 Å². The number of carbonyl (C=O) groups is 4. The van der Waals surface area contributed by atoms with Crippen molar-refractivity contribution in [2.24, 2.45) is 17.8 Å². The summed E-state index contributed by atoms with van der Waals surface area (Å²) in [6, 6.07) is 6.28. The van der Waals surface area contributed by atoms with Crippen molar-refractivity contribution in [2.45, 2.75) is 45.6 Å². The number of ether oxygens (including phenoxy) is 2. The predicted octanol–water partition coefficient (Wildman–Crippen LogP) is 2.60. The van der Waals surface area contributed by atoms with Crippen LogP contribution < -0.4 is 15.4 Å². The van der Waals surface area contributed by atoms with Gasteiger partial charge >= 0.3 is 5.97 Å². The number of esters is 1. The van der Waals surface area contributed by atoms with E-state index >= 15 is 0 Å². The van der Waals surface area contributed by atoms with E-state index < -0.39 is 23.8 Å². The van der Waals surface area contributed by atoms with Crippen LogP contribution in [0.25, 0.3) is 10.9 Å². The first-order valence-electron chi connectivity index (χ1n) is 11.6. The Morgan fingerprint density at radius 3 is 2.59 bits per heavy atom. The zero-order valence-corrected chi connectivity index (χ0v) is 20.1. The van der Waals surface area contributed by atoms with Gasteiger partial charge in [0, 0.05) is 35.7 Å². The molecule has 0 saturated carbocycles. The second kappa shape index (κ2) is 11.2. The number of aromatic nitrogens is 1. The number of methoxy groups -OCH3 is 2. The monoisotopic (exact) mass is 471 g/mol. The molecule has 0 bridgehead atoms. The van der Waals surface area contributed by atoms with Gasteiger partial charge in [0.05, 0.1) is 19.9 Å². The molecular formula is C25H33N3O6. The zero-order chi connectivity index (χ0) is 24.8. The average Bonchev–Trinajstić information content (AvgIpc) is 3.43. The van der Waals surface area contributed by atoms with E-state index in [1.54, 1.807) is 13.2 Å². The number of nitrogens with one attached hydrogen (secondary N) is 3. The number of hydrogen-bond donors (Lipinski definition) is 3. The Balaban J connectivity index is 1.75. The Labute approximate surface area is 198 Å². The highest BCUT2D eigenvalue weighted by atomic mass is 16.5. The maximum absolute atomic E-state index is 13.2. The third-order valence-corrected chi connectivity index (χ3v) is 6.19. The van der Waals surface area contributed by atoms with Crippen LogP contribution in [0.2, 0.25) is 0 Å². The second-order valence-electron chi connectivity index (χ2n) is 9.15. The highest BCUT2D eigenvalue weighted by Gasteiger charge is 2.34. The van der Waals surface area contributed by atoms with Crippen LogP contribution in [0.15, 0.2) is 24.3 Å². The van der Waals surface area contributed by atoms with Gasteiger partial charge in [0.2, 0.25) is 11.8 Å². The topological polar surface area (TPSA) is 127 Å². The van der Waals surface area contributed by atoms with E-state index in [0.29, 0.717) is 30.8 Å². The van der Waals surface area contributed by atoms with Gasteiger partial charge in [-0.3, -0.25) is 14.4 Å². The minimum atomic E-state index is -0.951. The van der Waals surface area contributed by atoms with E-state index in [1.807, 2.05) is 32.0 Å². The van der Waals surface area contributed by atoms with Gasteiger partial charge in [-0.2, -0.15) is 0 Å². The number of fused-ring (bicyclic) bond motifs is 1. The molecule has 3 atom stereocenters. The molecule has 2 aromatic rings. The number of benzene rings is 1. The van der Waals surface area contributed by atoms with Gasteiger partial charge in [0.1, 0.15) is 11.8 Å². The summed E-state index contributed by atoms with van der Waals surface area (Å²) in [6.45, 7) is 4.49. The first-order chi connectivity index (χ1) is 16.2. The summed E-state index contributed by atoms with van der Waals surface area (Å²) < 4.78 is 10.2. The lowest BCUT2D eigenvalue weighted by molar-refractivity contribution is -0.146. The maximum Gasteiger partial charge on any atom is 0.328 e. The van der Waals surface area contributed by atoms with Crippen LogP contribution >= 0.6 is 0 Å². The van der Waals surface area contributed by atoms with E-state index in [9.17, 15) is 19.2 Å². The van der Waals surface area contributed by atoms with Crippen LogP contribution in [-0.2, 0) is 19.1 Å². The Hall–Kier alpha value is -3.36. The summed E-state index contributed by atoms with van der Waals surface area (Å²) in [4.78, 5) is 53.7. The van der Waals surface area contributed by atoms with E-state index in [-0.39, 0.29) is 36.4 Å². The number of H-pyrrole nitrogens is 1. The summed E-state index contributed by atoms with van der Waals surface area (Å²) >= 11 is 0. The largest absolute Gasteiger partial charge is 0.496 e. The van der Waals surface area contributed by atoms with Crippen LogP contribution in [0.4, 0.5) is 0 Å². The molecule has 0 radical (unpaired) electrons. The summed E-state index contributed by atoms with van der Waals surface area (Å²) in [7, 11) is 2.81. The minimum Gasteiger partial charge on any atom is -0.496 e. The zero-order valence-electron chi connectivity index (χ0n) is 20.1. The molecule has 3 N–H and O–H groups in total. The number of hydrogen-bond acceptors (Lipinski definition) is 6. The number of amides is 2. The van der Waals surface area contributed by atoms with Crippen LogP contribution in [0.5, 0.6) is 5.75 Å². The van der Waals surface area contributed by atoms with Gasteiger partial charge in [-0.1, -0.05) is 19.9 Å². The fourth-order valence-corrected chi connectivity index (χ4v) is 4.44. The maximum atomic E-state index is 13.2. The molecule has 1 aliphatic rings. The lowest BCUT2D eigenvalue weighted by Crippen LogP contribution is -2.46. The standard InChI is InChI=1S/C25H33N3O6/c1-14(2)10-16(12-21(29)19-13-17-18(27-19)6-5-7-22(17)33-3)24(31)28-20(25(32)34-4)11-15-8-9-26-23(15)30/h5-7,13-16,20,27H,8-12H2,1-4H3,(H,26,30)(H,28,31)/t15-,16+,20-/m0/s1. The molecular weight excluding hydrogens is 438 g/mol. The van der Waals surface area contributed by atoms with E-state index in [4.69, 9.17) is 9.47 Å². The normalized spacial score (nSPS) is 17.3. The van der Waals surface area contributed by atoms with Crippen molar-refractivity contribution in [1.82, 2.24) is 15.6 Å². The molecule has 1 aromatic carbocycles. The summed E-state index contributed by atoms with van der Waals surface area (Å²) in [5, 5.41) is 6.27. The molecule has 2 amide bonds. The molecule has 1 aromatic heterocycles. The number of rotatable bonds is 11. The van der Waals surface area contributed by atoms with Crippen molar-refractivity contribution < 1.29 is 28.7 Å². The van der Waals surface area contributed by atoms with Crippen molar-refractivity contribution in [1.29, 1.82) is 0 Å². The molecule has 0 spiro atoms. The van der Waals surface area contributed by atoms with Gasteiger partial charge < -0.3 is 25.1 Å². The van der Waals surface area contributed by atoms with E-state index in [2.05, 4.69) is 15.6 Å². The lowest BCUT2D eigenvalue weighted by Gasteiger charge is -2.23. The summed E-state index contributed by atoms with van der Waals surface area (Å²) in [5.41, 5.74) is 1.17. The van der Waals surface area contributed by atoms with Gasteiger partial charge in [-0.15, -0.1) is 0 Å². The minimum absolute atomic E-state index is 0.0169. The molecule has 3 rings (SSSR count). The Morgan fingerprint density at radius 1 is 1.21 bits per heavy atom. The average molecular weight is 472 g/mol. The van der Waals surface area contributed by atoms with Gasteiger partial charge in [-0.05, 0) is 43.4 Å². The van der Waals surface area contributed by atoms with Crippen LogP contribution in [0.3, 0.4) is 0 Å². The Morgan fingerprint density at radius 2 is 1.97 bits per heavy atom. The molecule has 0 unspecified atom stereocenters. The highest BCUT2D eigenvalue weighted by molar-refractivity contribution is 6.02. The first kappa shape index (κ1) is 25.3. The predicted molar refractivity (Wildman–Crippen MR) is 126 cm³/mol. The number of ketones is 1. The molecule has 1 aliphatic heterocycles. The molecule has 1 saturated heterocycles. The third-order valence-electron chi connectivity index (χ3n) is 6.19. The molecule has 9 heteroatoms. The van der Waals surface area contributed by atoms with Crippen molar-refractivity contribution >= 4 is 34.5 Å². The quantitative estimate of drug-likeness (QED) is 0.342. The number of carbonyl (C=O) groups excluding carboxylic acids is 4. The molecule has 184 valence electrons. The Bertz CT molecular complexity index is 1060.